The minimum atomic E-state index is 0.245. The summed E-state index contributed by atoms with van der Waals surface area (Å²) in [6, 6.07) is 12.8. The molecule has 0 bridgehead atoms. The van der Waals surface area contributed by atoms with E-state index in [9.17, 15) is 0 Å². The number of furan rings is 1. The minimum absolute atomic E-state index is 0.245. The lowest BCUT2D eigenvalue weighted by atomic mass is 10.0. The lowest BCUT2D eigenvalue weighted by molar-refractivity contribution is 0.398. The number of aryl methyl sites for hydroxylation is 1. The molecule has 0 spiro atoms. The highest BCUT2D eigenvalue weighted by atomic mass is 79.9. The largest absolute Gasteiger partial charge is 0.465 e. The third kappa shape index (κ3) is 4.22. The first-order chi connectivity index (χ1) is 9.19. The van der Waals surface area contributed by atoms with Gasteiger partial charge >= 0.3 is 0 Å². The van der Waals surface area contributed by atoms with E-state index in [1.54, 1.807) is 0 Å². The first-order valence-corrected chi connectivity index (χ1v) is 7.52. The van der Waals surface area contributed by atoms with E-state index in [2.05, 4.69) is 58.5 Å². The van der Waals surface area contributed by atoms with E-state index in [4.69, 9.17) is 4.42 Å². The summed E-state index contributed by atoms with van der Waals surface area (Å²) in [6.45, 7) is 5.16. The predicted molar refractivity (Wildman–Crippen MR) is 82.3 cm³/mol. The fraction of sp³-hybridized carbons (Fsp3) is 0.375. The molecule has 0 saturated heterocycles. The zero-order valence-electron chi connectivity index (χ0n) is 11.4. The summed E-state index contributed by atoms with van der Waals surface area (Å²) >= 11 is 3.47. The third-order valence-corrected chi connectivity index (χ3v) is 3.63. The summed E-state index contributed by atoms with van der Waals surface area (Å²) in [4.78, 5) is 0. The van der Waals surface area contributed by atoms with E-state index in [1.165, 1.54) is 5.56 Å². The molecule has 0 aliphatic carbocycles. The molecule has 1 heterocycles. The molecule has 0 radical (unpaired) electrons. The van der Waals surface area contributed by atoms with Gasteiger partial charge in [0.2, 0.25) is 0 Å². The molecule has 0 aliphatic rings. The van der Waals surface area contributed by atoms with Crippen molar-refractivity contribution in [1.29, 1.82) is 0 Å². The summed E-state index contributed by atoms with van der Waals surface area (Å²) in [7, 11) is 0. The molecule has 1 N–H and O–H groups in total. The number of halogens is 1. The molecule has 0 amide bonds. The Hall–Kier alpha value is -1.06. The lowest BCUT2D eigenvalue weighted by Gasteiger charge is -2.16. The number of benzene rings is 1. The van der Waals surface area contributed by atoms with Crippen molar-refractivity contribution in [3.8, 4) is 0 Å². The maximum Gasteiger partial charge on any atom is 0.121 e. The fourth-order valence-corrected chi connectivity index (χ4v) is 2.35. The van der Waals surface area contributed by atoms with Gasteiger partial charge in [0.05, 0.1) is 6.04 Å². The first-order valence-electron chi connectivity index (χ1n) is 6.73. The summed E-state index contributed by atoms with van der Waals surface area (Å²) in [5, 5.41) is 3.56. The second-order valence-corrected chi connectivity index (χ2v) is 5.70. The Kier molecular flexibility index (Phi) is 5.23. The van der Waals surface area contributed by atoms with Gasteiger partial charge in [0.25, 0.3) is 0 Å². The van der Waals surface area contributed by atoms with Crippen LogP contribution in [0.4, 0.5) is 0 Å². The lowest BCUT2D eigenvalue weighted by Crippen LogP contribution is -2.23. The zero-order chi connectivity index (χ0) is 13.7. The minimum Gasteiger partial charge on any atom is -0.465 e. The third-order valence-electron chi connectivity index (χ3n) is 3.10. The maximum atomic E-state index is 5.77. The number of hydrogen-bond acceptors (Lipinski definition) is 2. The molecule has 19 heavy (non-hydrogen) atoms. The van der Waals surface area contributed by atoms with Gasteiger partial charge in [-0.15, -0.1) is 0 Å². The van der Waals surface area contributed by atoms with Gasteiger partial charge in [0.15, 0.2) is 0 Å². The molecule has 1 unspecified atom stereocenters. The van der Waals surface area contributed by atoms with Crippen LogP contribution in [-0.2, 0) is 6.42 Å². The van der Waals surface area contributed by atoms with Gasteiger partial charge in [-0.05, 0) is 56.1 Å². The topological polar surface area (TPSA) is 25.2 Å². The van der Waals surface area contributed by atoms with Crippen molar-refractivity contribution in [3.63, 3.8) is 0 Å². The summed E-state index contributed by atoms with van der Waals surface area (Å²) in [6.07, 6.45) is 2.07. The Labute approximate surface area is 123 Å². The van der Waals surface area contributed by atoms with Crippen molar-refractivity contribution in [2.45, 2.75) is 32.7 Å². The van der Waals surface area contributed by atoms with Crippen molar-refractivity contribution in [3.05, 3.63) is 58.0 Å². The Morgan fingerprint density at radius 3 is 2.47 bits per heavy atom. The van der Waals surface area contributed by atoms with Gasteiger partial charge in [-0.25, -0.2) is 0 Å². The van der Waals surface area contributed by atoms with E-state index in [0.29, 0.717) is 0 Å². The number of hydrogen-bond donors (Lipinski definition) is 1. The van der Waals surface area contributed by atoms with Crippen molar-refractivity contribution < 1.29 is 4.42 Å². The van der Waals surface area contributed by atoms with E-state index in [-0.39, 0.29) is 6.04 Å². The van der Waals surface area contributed by atoms with Gasteiger partial charge in [-0.2, -0.15) is 0 Å². The highest BCUT2D eigenvalue weighted by Gasteiger charge is 2.15. The van der Waals surface area contributed by atoms with Crippen LogP contribution in [0.15, 0.2) is 45.3 Å². The molecule has 1 aromatic heterocycles. The molecular formula is C16H20BrNO. The maximum absolute atomic E-state index is 5.77. The van der Waals surface area contributed by atoms with Crippen LogP contribution in [0.25, 0.3) is 0 Å². The summed E-state index contributed by atoms with van der Waals surface area (Å²) in [5.74, 6) is 1.99. The Bertz CT molecular complexity index is 504. The molecular weight excluding hydrogens is 302 g/mol. The van der Waals surface area contributed by atoms with Crippen LogP contribution in [-0.4, -0.2) is 6.54 Å². The molecule has 2 aromatic rings. The molecule has 2 rings (SSSR count). The summed E-state index contributed by atoms with van der Waals surface area (Å²) < 4.78 is 6.88. The molecule has 1 aromatic carbocycles. The molecule has 102 valence electrons. The van der Waals surface area contributed by atoms with Crippen molar-refractivity contribution >= 4 is 15.9 Å². The highest BCUT2D eigenvalue weighted by Crippen LogP contribution is 2.22. The van der Waals surface area contributed by atoms with Crippen molar-refractivity contribution in [1.82, 2.24) is 5.32 Å². The van der Waals surface area contributed by atoms with Crippen LogP contribution < -0.4 is 5.32 Å². The van der Waals surface area contributed by atoms with Crippen molar-refractivity contribution in [2.24, 2.45) is 0 Å². The molecule has 0 saturated carbocycles. The van der Waals surface area contributed by atoms with Crippen LogP contribution in [0, 0.1) is 6.92 Å². The monoisotopic (exact) mass is 321 g/mol. The number of rotatable bonds is 6. The van der Waals surface area contributed by atoms with Gasteiger partial charge in [-0.3, -0.25) is 0 Å². The van der Waals surface area contributed by atoms with E-state index < -0.39 is 0 Å². The van der Waals surface area contributed by atoms with E-state index in [1.807, 2.05) is 13.0 Å². The van der Waals surface area contributed by atoms with Gasteiger partial charge in [-0.1, -0.05) is 35.0 Å². The first kappa shape index (κ1) is 14.4. The zero-order valence-corrected chi connectivity index (χ0v) is 13.0. The van der Waals surface area contributed by atoms with Crippen LogP contribution >= 0.6 is 15.9 Å². The number of nitrogens with one attached hydrogen (secondary N) is 1. The Morgan fingerprint density at radius 2 is 1.89 bits per heavy atom. The molecule has 0 fully saturated rings. The van der Waals surface area contributed by atoms with Gasteiger partial charge < -0.3 is 9.73 Å². The van der Waals surface area contributed by atoms with E-state index in [0.717, 1.165) is 35.4 Å². The molecule has 3 heteroatoms. The molecule has 0 aliphatic heterocycles. The average Bonchev–Trinajstić information content (AvgIpc) is 2.83. The van der Waals surface area contributed by atoms with Gasteiger partial charge in [0.1, 0.15) is 11.5 Å². The van der Waals surface area contributed by atoms with Crippen molar-refractivity contribution in [2.75, 3.05) is 6.54 Å². The fourth-order valence-electron chi connectivity index (χ4n) is 2.09. The van der Waals surface area contributed by atoms with Gasteiger partial charge in [0, 0.05) is 4.47 Å². The summed E-state index contributed by atoms with van der Waals surface area (Å²) in [5.41, 5.74) is 1.31. The quantitative estimate of drug-likeness (QED) is 0.838. The van der Waals surface area contributed by atoms with Crippen LogP contribution in [0.2, 0.25) is 0 Å². The van der Waals surface area contributed by atoms with Crippen LogP contribution in [0.5, 0.6) is 0 Å². The Morgan fingerprint density at radius 1 is 1.16 bits per heavy atom. The normalized spacial score (nSPS) is 12.6. The molecule has 2 nitrogen and oxygen atoms in total. The SMILES string of the molecule is CCCNC(Cc1ccc(Br)cc1)c1ccc(C)o1. The average molecular weight is 322 g/mol. The molecule has 1 atom stereocenters. The predicted octanol–water partition coefficient (Wildman–Crippen LogP) is 4.63. The van der Waals surface area contributed by atoms with Crippen LogP contribution in [0.1, 0.15) is 36.5 Å². The standard InChI is InChI=1S/C16H20BrNO/c1-3-10-18-15(16-9-4-12(2)19-16)11-13-5-7-14(17)8-6-13/h4-9,15,18H,3,10-11H2,1-2H3. The van der Waals surface area contributed by atoms with Crippen LogP contribution in [0.3, 0.4) is 0 Å². The second kappa shape index (κ2) is 6.92. The van der Waals surface area contributed by atoms with E-state index >= 15 is 0 Å². The Balaban J connectivity index is 2.11. The highest BCUT2D eigenvalue weighted by molar-refractivity contribution is 9.10. The smallest absolute Gasteiger partial charge is 0.121 e. The second-order valence-electron chi connectivity index (χ2n) is 4.79.